The van der Waals surface area contributed by atoms with Crippen LogP contribution in [0.1, 0.15) is 15.4 Å². The third-order valence-electron chi connectivity index (χ3n) is 2.22. The van der Waals surface area contributed by atoms with Crippen molar-refractivity contribution in [1.82, 2.24) is 9.97 Å². The van der Waals surface area contributed by atoms with Crippen LogP contribution >= 0.6 is 11.3 Å². The van der Waals surface area contributed by atoms with Crippen molar-refractivity contribution >= 4 is 23.1 Å². The van der Waals surface area contributed by atoms with Crippen molar-refractivity contribution in [2.45, 2.75) is 6.18 Å². The van der Waals surface area contributed by atoms with E-state index < -0.39 is 17.1 Å². The van der Waals surface area contributed by atoms with Crippen LogP contribution in [-0.4, -0.2) is 15.9 Å². The first-order valence-corrected chi connectivity index (χ1v) is 5.69. The minimum absolute atomic E-state index is 0.0422. The second-order valence-electron chi connectivity index (χ2n) is 3.55. The smallest absolute Gasteiger partial charge is 0.383 e. The Labute approximate surface area is 109 Å². The molecule has 9 heteroatoms. The molecule has 0 atom stereocenters. The molecule has 5 nitrogen and oxygen atoms in total. The van der Waals surface area contributed by atoms with E-state index >= 15 is 0 Å². The first-order chi connectivity index (χ1) is 8.79. The molecule has 0 unspecified atom stereocenters. The Balaban J connectivity index is 2.45. The minimum atomic E-state index is -4.50. The number of carbonyl (C=O) groups excluding carboxylic acids is 1. The number of thiazole rings is 1. The van der Waals surface area contributed by atoms with E-state index in [2.05, 4.69) is 9.97 Å². The Bertz CT molecular complexity index is 638. The van der Waals surface area contributed by atoms with E-state index in [1.807, 2.05) is 0 Å². The quantitative estimate of drug-likeness (QED) is 0.882. The first kappa shape index (κ1) is 13.3. The molecule has 2 rings (SSSR count). The number of pyridine rings is 1. The maximum atomic E-state index is 12.4. The summed E-state index contributed by atoms with van der Waals surface area (Å²) in [5.74, 6) is -0.871. The molecule has 0 aliphatic heterocycles. The summed E-state index contributed by atoms with van der Waals surface area (Å²) in [5.41, 5.74) is 10.8. The molecule has 2 aromatic heterocycles. The number of amides is 1. The zero-order chi connectivity index (χ0) is 14.2. The SMILES string of the molecule is NC(=O)c1cc(-c2cnc(C(F)(F)F)s2)cnc1N. The molecule has 19 heavy (non-hydrogen) atoms. The van der Waals surface area contributed by atoms with Gasteiger partial charge in [0, 0.05) is 18.0 Å². The Kier molecular flexibility index (Phi) is 3.14. The topological polar surface area (TPSA) is 94.9 Å². The average molecular weight is 288 g/mol. The van der Waals surface area contributed by atoms with Gasteiger partial charge in [0.2, 0.25) is 0 Å². The summed E-state index contributed by atoms with van der Waals surface area (Å²) in [6.07, 6.45) is -2.18. The molecule has 0 saturated carbocycles. The molecule has 100 valence electrons. The van der Waals surface area contributed by atoms with E-state index in [0.717, 1.165) is 6.20 Å². The highest BCUT2D eigenvalue weighted by atomic mass is 32.1. The standard InChI is InChI=1S/C10H7F3N4OS/c11-10(12,13)9-17-3-6(19-9)4-1-5(8(15)18)7(14)16-2-4/h1-3H,(H2,14,16)(H2,15,18). The van der Waals surface area contributed by atoms with Gasteiger partial charge < -0.3 is 11.5 Å². The molecule has 0 saturated heterocycles. The van der Waals surface area contributed by atoms with Crippen LogP contribution in [0.5, 0.6) is 0 Å². The predicted molar refractivity (Wildman–Crippen MR) is 63.3 cm³/mol. The lowest BCUT2D eigenvalue weighted by molar-refractivity contribution is -0.137. The summed E-state index contributed by atoms with van der Waals surface area (Å²) < 4.78 is 37.3. The highest BCUT2D eigenvalue weighted by Gasteiger charge is 2.34. The second-order valence-corrected chi connectivity index (χ2v) is 4.58. The molecule has 0 fully saturated rings. The average Bonchev–Trinajstić information content (AvgIpc) is 2.78. The number of aromatic nitrogens is 2. The van der Waals surface area contributed by atoms with Crippen LogP contribution < -0.4 is 11.5 Å². The van der Waals surface area contributed by atoms with Gasteiger partial charge in [-0.2, -0.15) is 13.2 Å². The maximum Gasteiger partial charge on any atom is 0.443 e. The van der Waals surface area contributed by atoms with E-state index in [-0.39, 0.29) is 16.3 Å². The summed E-state index contributed by atoms with van der Waals surface area (Å²) in [7, 11) is 0. The van der Waals surface area contributed by atoms with Crippen LogP contribution in [0.2, 0.25) is 0 Å². The fourth-order valence-electron chi connectivity index (χ4n) is 1.35. The number of primary amides is 1. The first-order valence-electron chi connectivity index (χ1n) is 4.87. The van der Waals surface area contributed by atoms with Gasteiger partial charge in [0.25, 0.3) is 5.91 Å². The lowest BCUT2D eigenvalue weighted by Crippen LogP contribution is -2.14. The number of alkyl halides is 3. The van der Waals surface area contributed by atoms with Crippen LogP contribution in [0, 0.1) is 0 Å². The molecular formula is C10H7F3N4OS. The monoisotopic (exact) mass is 288 g/mol. The zero-order valence-corrected chi connectivity index (χ0v) is 10.0. The number of nitrogens with zero attached hydrogens (tertiary/aromatic N) is 2. The van der Waals surface area contributed by atoms with Crippen LogP contribution in [0.4, 0.5) is 19.0 Å². The van der Waals surface area contributed by atoms with E-state index in [9.17, 15) is 18.0 Å². The number of nitrogen functional groups attached to an aromatic ring is 1. The molecule has 1 amide bonds. The molecule has 0 spiro atoms. The highest BCUT2D eigenvalue weighted by molar-refractivity contribution is 7.15. The number of carbonyl (C=O) groups is 1. The number of hydrogen-bond donors (Lipinski definition) is 2. The maximum absolute atomic E-state index is 12.4. The molecular weight excluding hydrogens is 281 g/mol. The number of anilines is 1. The number of halogens is 3. The predicted octanol–water partition coefficient (Wildman–Crippen LogP) is 1.90. The van der Waals surface area contributed by atoms with Gasteiger partial charge in [-0.05, 0) is 6.07 Å². The van der Waals surface area contributed by atoms with Gasteiger partial charge in [0.05, 0.1) is 10.4 Å². The van der Waals surface area contributed by atoms with Gasteiger partial charge in [-0.15, -0.1) is 11.3 Å². The third kappa shape index (κ3) is 2.65. The third-order valence-corrected chi connectivity index (χ3v) is 3.31. The Morgan fingerprint density at radius 3 is 2.47 bits per heavy atom. The summed E-state index contributed by atoms with van der Waals surface area (Å²) >= 11 is 0.450. The lowest BCUT2D eigenvalue weighted by Gasteiger charge is -2.03. The van der Waals surface area contributed by atoms with Crippen molar-refractivity contribution < 1.29 is 18.0 Å². The van der Waals surface area contributed by atoms with Crippen LogP contribution in [-0.2, 0) is 6.18 Å². The molecule has 2 aromatic rings. The van der Waals surface area contributed by atoms with Crippen LogP contribution in [0.3, 0.4) is 0 Å². The van der Waals surface area contributed by atoms with Gasteiger partial charge in [-0.3, -0.25) is 4.79 Å². The number of hydrogen-bond acceptors (Lipinski definition) is 5. The van der Waals surface area contributed by atoms with Crippen molar-refractivity contribution in [2.75, 3.05) is 5.73 Å². The molecule has 2 heterocycles. The Morgan fingerprint density at radius 1 is 1.26 bits per heavy atom. The van der Waals surface area contributed by atoms with Crippen molar-refractivity contribution in [1.29, 1.82) is 0 Å². The van der Waals surface area contributed by atoms with Gasteiger partial charge >= 0.3 is 6.18 Å². The van der Waals surface area contributed by atoms with Crippen LogP contribution in [0.15, 0.2) is 18.5 Å². The number of nitrogens with two attached hydrogens (primary N) is 2. The molecule has 0 aliphatic carbocycles. The van der Waals surface area contributed by atoms with E-state index in [1.165, 1.54) is 12.3 Å². The number of rotatable bonds is 2. The minimum Gasteiger partial charge on any atom is -0.383 e. The van der Waals surface area contributed by atoms with Crippen molar-refractivity contribution in [3.63, 3.8) is 0 Å². The lowest BCUT2D eigenvalue weighted by atomic mass is 10.1. The Hall–Kier alpha value is -2.16. The van der Waals surface area contributed by atoms with Crippen LogP contribution in [0.25, 0.3) is 10.4 Å². The van der Waals surface area contributed by atoms with Gasteiger partial charge in [0.15, 0.2) is 5.01 Å². The molecule has 4 N–H and O–H groups in total. The second kappa shape index (κ2) is 4.50. The normalized spacial score (nSPS) is 11.5. The van der Waals surface area contributed by atoms with E-state index in [0.29, 0.717) is 16.9 Å². The zero-order valence-electron chi connectivity index (χ0n) is 9.23. The summed E-state index contributed by atoms with van der Waals surface area (Å²) in [4.78, 5) is 18.3. The fraction of sp³-hybridized carbons (Fsp3) is 0.100. The van der Waals surface area contributed by atoms with E-state index in [1.54, 1.807) is 0 Å². The summed E-state index contributed by atoms with van der Waals surface area (Å²) in [5, 5.41) is -0.972. The summed E-state index contributed by atoms with van der Waals surface area (Å²) in [6.45, 7) is 0. The van der Waals surface area contributed by atoms with Gasteiger partial charge in [-0.1, -0.05) is 0 Å². The Morgan fingerprint density at radius 2 is 1.95 bits per heavy atom. The largest absolute Gasteiger partial charge is 0.443 e. The fourth-order valence-corrected chi connectivity index (χ4v) is 2.11. The van der Waals surface area contributed by atoms with E-state index in [4.69, 9.17) is 11.5 Å². The molecule has 0 aliphatic rings. The van der Waals surface area contributed by atoms with Crippen molar-refractivity contribution in [3.05, 3.63) is 29.0 Å². The van der Waals surface area contributed by atoms with Gasteiger partial charge in [0.1, 0.15) is 5.82 Å². The molecule has 0 radical (unpaired) electrons. The van der Waals surface area contributed by atoms with Crippen molar-refractivity contribution in [2.24, 2.45) is 5.73 Å². The summed E-state index contributed by atoms with van der Waals surface area (Å²) in [6, 6.07) is 1.29. The van der Waals surface area contributed by atoms with Gasteiger partial charge in [-0.25, -0.2) is 9.97 Å². The molecule has 0 aromatic carbocycles. The van der Waals surface area contributed by atoms with Crippen molar-refractivity contribution in [3.8, 4) is 10.4 Å². The highest BCUT2D eigenvalue weighted by Crippen LogP contribution is 2.36. The molecule has 0 bridgehead atoms.